The summed E-state index contributed by atoms with van der Waals surface area (Å²) in [6, 6.07) is 10.3. The van der Waals surface area contributed by atoms with E-state index in [0.29, 0.717) is 6.42 Å². The SMILES string of the molecule is CC(C)=CCCC(=O)N1CCCC12CCCN(CCc1ccccc1)C2=O. The molecule has 1 aromatic rings. The van der Waals surface area contributed by atoms with E-state index in [9.17, 15) is 9.59 Å². The zero-order valence-corrected chi connectivity index (χ0v) is 16.7. The first kappa shape index (κ1) is 19.7. The topological polar surface area (TPSA) is 40.6 Å². The molecule has 1 atom stereocenters. The Morgan fingerprint density at radius 1 is 1.11 bits per heavy atom. The Hall–Kier alpha value is -2.10. The molecule has 2 saturated heterocycles. The van der Waals surface area contributed by atoms with Crippen molar-refractivity contribution in [3.63, 3.8) is 0 Å². The number of benzene rings is 1. The van der Waals surface area contributed by atoms with Crippen molar-refractivity contribution in [2.75, 3.05) is 19.6 Å². The summed E-state index contributed by atoms with van der Waals surface area (Å²) in [5, 5.41) is 0. The molecule has 1 spiro atoms. The van der Waals surface area contributed by atoms with Gasteiger partial charge in [0.2, 0.25) is 11.8 Å². The third-order valence-electron chi connectivity index (χ3n) is 5.92. The number of likely N-dealkylation sites (tertiary alicyclic amines) is 2. The van der Waals surface area contributed by atoms with Crippen LogP contribution in [0.2, 0.25) is 0 Å². The molecule has 0 radical (unpaired) electrons. The highest BCUT2D eigenvalue weighted by atomic mass is 16.2. The summed E-state index contributed by atoms with van der Waals surface area (Å²) >= 11 is 0. The number of nitrogens with zero attached hydrogens (tertiary/aromatic N) is 2. The maximum absolute atomic E-state index is 13.4. The van der Waals surface area contributed by atoms with E-state index in [0.717, 1.165) is 58.2 Å². The number of amides is 2. The standard InChI is InChI=1S/C23H32N2O2/c1-19(2)9-6-12-21(26)25-17-8-15-23(25)14-7-16-24(22(23)27)18-13-20-10-4-3-5-11-20/h3-5,9-11H,6-8,12-18H2,1-2H3. The predicted molar refractivity (Wildman–Crippen MR) is 108 cm³/mol. The zero-order valence-electron chi connectivity index (χ0n) is 16.7. The second-order valence-electron chi connectivity index (χ2n) is 8.13. The van der Waals surface area contributed by atoms with E-state index in [1.165, 1.54) is 11.1 Å². The minimum absolute atomic E-state index is 0.142. The van der Waals surface area contributed by atoms with Crippen LogP contribution in [0.25, 0.3) is 0 Å². The molecular weight excluding hydrogens is 336 g/mol. The Bertz CT molecular complexity index is 694. The van der Waals surface area contributed by atoms with Crippen LogP contribution in [0.4, 0.5) is 0 Å². The number of allylic oxidation sites excluding steroid dienone is 2. The monoisotopic (exact) mass is 368 g/mol. The van der Waals surface area contributed by atoms with Crippen LogP contribution >= 0.6 is 0 Å². The molecule has 0 aliphatic carbocycles. The fraction of sp³-hybridized carbons (Fsp3) is 0.565. The Balaban J connectivity index is 1.66. The third-order valence-corrected chi connectivity index (χ3v) is 5.92. The third kappa shape index (κ3) is 4.42. The highest BCUT2D eigenvalue weighted by Gasteiger charge is 2.52. The van der Waals surface area contributed by atoms with Crippen LogP contribution in [0.1, 0.15) is 57.9 Å². The van der Waals surface area contributed by atoms with Gasteiger partial charge in [-0.2, -0.15) is 0 Å². The molecule has 27 heavy (non-hydrogen) atoms. The van der Waals surface area contributed by atoms with Gasteiger partial charge in [0.15, 0.2) is 0 Å². The number of carbonyl (C=O) groups excluding carboxylic acids is 2. The second kappa shape index (κ2) is 8.73. The Labute approximate surface area is 163 Å². The van der Waals surface area contributed by atoms with Crippen molar-refractivity contribution in [3.05, 3.63) is 47.5 Å². The highest BCUT2D eigenvalue weighted by molar-refractivity contribution is 5.92. The first-order valence-corrected chi connectivity index (χ1v) is 10.3. The molecule has 0 aromatic heterocycles. The van der Waals surface area contributed by atoms with Gasteiger partial charge in [0.05, 0.1) is 0 Å². The Kier molecular flexibility index (Phi) is 6.35. The molecule has 0 bridgehead atoms. The highest BCUT2D eigenvalue weighted by Crippen LogP contribution is 2.38. The first-order chi connectivity index (χ1) is 13.0. The summed E-state index contributed by atoms with van der Waals surface area (Å²) in [5.74, 6) is 0.320. The average Bonchev–Trinajstić information content (AvgIpc) is 3.08. The Morgan fingerprint density at radius 2 is 1.81 bits per heavy atom. The lowest BCUT2D eigenvalue weighted by Gasteiger charge is -2.44. The fourth-order valence-corrected chi connectivity index (χ4v) is 4.53. The van der Waals surface area contributed by atoms with Gasteiger partial charge in [0.25, 0.3) is 0 Å². The molecule has 1 unspecified atom stereocenters. The minimum Gasteiger partial charge on any atom is -0.340 e. The molecular formula is C23H32N2O2. The normalized spacial score (nSPS) is 22.4. The van der Waals surface area contributed by atoms with Crippen LogP contribution < -0.4 is 0 Å². The lowest BCUT2D eigenvalue weighted by molar-refractivity contribution is -0.155. The number of rotatable bonds is 6. The van der Waals surface area contributed by atoms with Gasteiger partial charge in [-0.15, -0.1) is 0 Å². The van der Waals surface area contributed by atoms with Crippen molar-refractivity contribution in [2.45, 2.75) is 64.3 Å². The molecule has 2 heterocycles. The molecule has 0 saturated carbocycles. The lowest BCUT2D eigenvalue weighted by Crippen LogP contribution is -2.61. The van der Waals surface area contributed by atoms with E-state index in [-0.39, 0.29) is 11.8 Å². The van der Waals surface area contributed by atoms with Crippen LogP contribution in [0.3, 0.4) is 0 Å². The van der Waals surface area contributed by atoms with Crippen molar-refractivity contribution >= 4 is 11.8 Å². The van der Waals surface area contributed by atoms with E-state index < -0.39 is 5.54 Å². The number of piperidine rings is 1. The van der Waals surface area contributed by atoms with Gasteiger partial charge >= 0.3 is 0 Å². The molecule has 4 heteroatoms. The van der Waals surface area contributed by atoms with Gasteiger partial charge in [-0.1, -0.05) is 42.0 Å². The van der Waals surface area contributed by atoms with Crippen LogP contribution in [-0.2, 0) is 16.0 Å². The molecule has 2 aliphatic rings. The van der Waals surface area contributed by atoms with Crippen LogP contribution in [0.5, 0.6) is 0 Å². The van der Waals surface area contributed by atoms with E-state index in [1.807, 2.05) is 28.0 Å². The van der Waals surface area contributed by atoms with Crippen molar-refractivity contribution < 1.29 is 9.59 Å². The van der Waals surface area contributed by atoms with E-state index in [4.69, 9.17) is 0 Å². The summed E-state index contributed by atoms with van der Waals surface area (Å²) < 4.78 is 0. The summed E-state index contributed by atoms with van der Waals surface area (Å²) in [5.41, 5.74) is 1.92. The van der Waals surface area contributed by atoms with Gasteiger partial charge in [-0.05, 0) is 57.9 Å². The summed E-state index contributed by atoms with van der Waals surface area (Å²) in [6.07, 6.45) is 7.81. The molecule has 2 aliphatic heterocycles. The quantitative estimate of drug-likeness (QED) is 0.713. The second-order valence-corrected chi connectivity index (χ2v) is 8.13. The van der Waals surface area contributed by atoms with Crippen molar-refractivity contribution in [2.24, 2.45) is 0 Å². The van der Waals surface area contributed by atoms with Gasteiger partial charge in [-0.25, -0.2) is 0 Å². The van der Waals surface area contributed by atoms with Gasteiger partial charge in [-0.3, -0.25) is 9.59 Å². The van der Waals surface area contributed by atoms with E-state index in [2.05, 4.69) is 32.1 Å². The largest absolute Gasteiger partial charge is 0.340 e. The number of hydrogen-bond acceptors (Lipinski definition) is 2. The Morgan fingerprint density at radius 3 is 2.52 bits per heavy atom. The maximum atomic E-state index is 13.4. The maximum Gasteiger partial charge on any atom is 0.248 e. The first-order valence-electron chi connectivity index (χ1n) is 10.3. The van der Waals surface area contributed by atoms with Gasteiger partial charge < -0.3 is 9.80 Å². The summed E-state index contributed by atoms with van der Waals surface area (Å²) in [6.45, 7) is 6.39. The minimum atomic E-state index is -0.572. The van der Waals surface area contributed by atoms with Crippen molar-refractivity contribution in [1.29, 1.82) is 0 Å². The number of hydrogen-bond donors (Lipinski definition) is 0. The summed E-state index contributed by atoms with van der Waals surface area (Å²) in [4.78, 5) is 30.2. The molecule has 146 valence electrons. The lowest BCUT2D eigenvalue weighted by atomic mass is 9.85. The van der Waals surface area contributed by atoms with Crippen LogP contribution in [0.15, 0.2) is 42.0 Å². The smallest absolute Gasteiger partial charge is 0.248 e. The molecule has 3 rings (SSSR count). The van der Waals surface area contributed by atoms with E-state index >= 15 is 0 Å². The summed E-state index contributed by atoms with van der Waals surface area (Å²) in [7, 11) is 0. The van der Waals surface area contributed by atoms with Gasteiger partial charge in [0.1, 0.15) is 5.54 Å². The van der Waals surface area contributed by atoms with Crippen molar-refractivity contribution in [1.82, 2.24) is 9.80 Å². The fourth-order valence-electron chi connectivity index (χ4n) is 4.53. The van der Waals surface area contributed by atoms with Crippen LogP contribution in [0, 0.1) is 0 Å². The number of carbonyl (C=O) groups is 2. The van der Waals surface area contributed by atoms with Crippen molar-refractivity contribution in [3.8, 4) is 0 Å². The van der Waals surface area contributed by atoms with Crippen LogP contribution in [-0.4, -0.2) is 46.8 Å². The molecule has 1 aromatic carbocycles. The van der Waals surface area contributed by atoms with E-state index in [1.54, 1.807) is 0 Å². The molecule has 4 nitrogen and oxygen atoms in total. The zero-order chi connectivity index (χ0) is 19.3. The predicted octanol–water partition coefficient (Wildman–Crippen LogP) is 3.96. The molecule has 2 amide bonds. The average molecular weight is 369 g/mol. The molecule has 0 N–H and O–H groups in total. The van der Waals surface area contributed by atoms with Gasteiger partial charge in [0, 0.05) is 26.1 Å². The molecule has 2 fully saturated rings.